The third-order valence-electron chi connectivity index (χ3n) is 13.3. The molecule has 0 heterocycles. The van der Waals surface area contributed by atoms with E-state index in [1.165, 1.54) is 68.9 Å². The van der Waals surface area contributed by atoms with Gasteiger partial charge in [-0.05, 0) is 121 Å². The maximum atomic E-state index is 12.8. The van der Waals surface area contributed by atoms with Crippen molar-refractivity contribution in [2.45, 2.75) is 124 Å². The van der Waals surface area contributed by atoms with Crippen molar-refractivity contribution in [3.8, 4) is 16.9 Å². The highest BCUT2D eigenvalue weighted by atomic mass is 16.5. The Morgan fingerprint density at radius 1 is 0.848 bits per heavy atom. The van der Waals surface area contributed by atoms with E-state index < -0.39 is 0 Å². The van der Waals surface area contributed by atoms with Crippen LogP contribution in [0.25, 0.3) is 11.1 Å². The first kappa shape index (κ1) is 33.4. The van der Waals surface area contributed by atoms with Crippen molar-refractivity contribution in [1.29, 1.82) is 0 Å². The maximum Gasteiger partial charge on any atom is 0.306 e. The summed E-state index contributed by atoms with van der Waals surface area (Å²) in [6.07, 6.45) is 18.0. The van der Waals surface area contributed by atoms with Gasteiger partial charge in [0.25, 0.3) is 0 Å². The van der Waals surface area contributed by atoms with Crippen LogP contribution in [0.4, 0.5) is 0 Å². The van der Waals surface area contributed by atoms with Crippen LogP contribution in [0.1, 0.15) is 118 Å². The van der Waals surface area contributed by atoms with E-state index in [9.17, 15) is 4.79 Å². The lowest BCUT2D eigenvalue weighted by atomic mass is 9.47. The largest absolute Gasteiger partial charge is 0.494 e. The van der Waals surface area contributed by atoms with Gasteiger partial charge in [-0.3, -0.25) is 4.79 Å². The van der Waals surface area contributed by atoms with Crippen LogP contribution in [0.15, 0.2) is 66.2 Å². The van der Waals surface area contributed by atoms with Gasteiger partial charge in [-0.15, -0.1) is 0 Å². The Kier molecular flexibility index (Phi) is 10.4. The zero-order valence-corrected chi connectivity index (χ0v) is 29.4. The van der Waals surface area contributed by atoms with Crippen LogP contribution >= 0.6 is 0 Å². The number of hydrogen-bond donors (Lipinski definition) is 0. The second kappa shape index (κ2) is 14.3. The van der Waals surface area contributed by atoms with Crippen molar-refractivity contribution in [3.63, 3.8) is 0 Å². The van der Waals surface area contributed by atoms with Crippen LogP contribution in [0.5, 0.6) is 5.75 Å². The van der Waals surface area contributed by atoms with E-state index in [-0.39, 0.29) is 17.5 Å². The lowest BCUT2D eigenvalue weighted by molar-refractivity contribution is -0.151. The third kappa shape index (κ3) is 7.00. The second-order valence-electron chi connectivity index (χ2n) is 16.5. The highest BCUT2D eigenvalue weighted by Gasteiger charge is 2.59. The fourth-order valence-electron chi connectivity index (χ4n) is 10.8. The third-order valence-corrected chi connectivity index (χ3v) is 13.3. The van der Waals surface area contributed by atoms with E-state index in [1.807, 2.05) is 18.2 Å². The number of benzene rings is 2. The normalized spacial score (nSPS) is 32.6. The van der Waals surface area contributed by atoms with E-state index in [4.69, 9.17) is 9.47 Å². The molecule has 4 aliphatic rings. The number of allylic oxidation sites excluding steroid dienone is 1. The van der Waals surface area contributed by atoms with Gasteiger partial charge in [0.1, 0.15) is 11.9 Å². The molecule has 0 aromatic heterocycles. The number of carbonyl (C=O) groups excluding carboxylic acids is 1. The predicted octanol–water partition coefficient (Wildman–Crippen LogP) is 11.5. The summed E-state index contributed by atoms with van der Waals surface area (Å²) in [5.74, 6) is 5.89. The van der Waals surface area contributed by atoms with Crippen molar-refractivity contribution in [2.24, 2.45) is 46.3 Å². The summed E-state index contributed by atoms with van der Waals surface area (Å²) in [5, 5.41) is 0. The molecule has 3 nitrogen and oxygen atoms in total. The highest BCUT2D eigenvalue weighted by Crippen LogP contribution is 2.67. The molecule has 0 bridgehead atoms. The van der Waals surface area contributed by atoms with Gasteiger partial charge in [-0.1, -0.05) is 108 Å². The van der Waals surface area contributed by atoms with Crippen LogP contribution in [-0.2, 0) is 9.53 Å². The topological polar surface area (TPSA) is 35.5 Å². The van der Waals surface area contributed by atoms with Gasteiger partial charge in [-0.25, -0.2) is 0 Å². The average molecular weight is 625 g/mol. The molecule has 8 atom stereocenters. The second-order valence-corrected chi connectivity index (χ2v) is 16.5. The number of fused-ring (bicyclic) bond motifs is 5. The molecule has 0 spiro atoms. The van der Waals surface area contributed by atoms with Crippen LogP contribution < -0.4 is 4.74 Å². The van der Waals surface area contributed by atoms with Crippen LogP contribution in [0.3, 0.4) is 0 Å². The Bertz CT molecular complexity index is 1330. The first-order chi connectivity index (χ1) is 22.2. The summed E-state index contributed by atoms with van der Waals surface area (Å²) in [6, 6.07) is 18.6. The lowest BCUT2D eigenvalue weighted by Crippen LogP contribution is -2.51. The van der Waals surface area contributed by atoms with Crippen molar-refractivity contribution in [2.75, 3.05) is 6.61 Å². The first-order valence-electron chi connectivity index (χ1n) is 18.8. The minimum Gasteiger partial charge on any atom is -0.494 e. The van der Waals surface area contributed by atoms with Gasteiger partial charge >= 0.3 is 5.97 Å². The molecule has 3 fully saturated rings. The van der Waals surface area contributed by atoms with Crippen LogP contribution in [0, 0.1) is 46.3 Å². The molecule has 250 valence electrons. The average Bonchev–Trinajstić information content (AvgIpc) is 3.41. The van der Waals surface area contributed by atoms with E-state index in [0.717, 1.165) is 54.1 Å². The number of rotatable bonds is 12. The fraction of sp³-hybridized carbons (Fsp3) is 0.651. The van der Waals surface area contributed by atoms with Gasteiger partial charge in [0.15, 0.2) is 0 Å². The smallest absolute Gasteiger partial charge is 0.306 e. The van der Waals surface area contributed by atoms with Gasteiger partial charge < -0.3 is 9.47 Å². The van der Waals surface area contributed by atoms with Crippen molar-refractivity contribution in [3.05, 3.63) is 66.2 Å². The van der Waals surface area contributed by atoms with Gasteiger partial charge in [0.2, 0.25) is 0 Å². The molecule has 3 saturated carbocycles. The summed E-state index contributed by atoms with van der Waals surface area (Å²) in [5.41, 5.74) is 4.79. The molecule has 4 aliphatic carbocycles. The summed E-state index contributed by atoms with van der Waals surface area (Å²) < 4.78 is 12.0. The molecule has 0 N–H and O–H groups in total. The molecule has 46 heavy (non-hydrogen) atoms. The molecule has 0 unspecified atom stereocenters. The van der Waals surface area contributed by atoms with Gasteiger partial charge in [0, 0.05) is 12.8 Å². The van der Waals surface area contributed by atoms with Crippen LogP contribution in [-0.4, -0.2) is 18.7 Å². The predicted molar refractivity (Wildman–Crippen MR) is 190 cm³/mol. The van der Waals surface area contributed by atoms with E-state index in [2.05, 4.69) is 77.1 Å². The summed E-state index contributed by atoms with van der Waals surface area (Å²) >= 11 is 0. The Balaban J connectivity index is 0.968. The van der Waals surface area contributed by atoms with Crippen molar-refractivity contribution < 1.29 is 14.3 Å². The summed E-state index contributed by atoms with van der Waals surface area (Å²) in [6.45, 7) is 13.1. The molecule has 0 aliphatic heterocycles. The Morgan fingerprint density at radius 3 is 2.37 bits per heavy atom. The molecule has 2 aromatic carbocycles. The lowest BCUT2D eigenvalue weighted by Gasteiger charge is -2.58. The molecule has 0 amide bonds. The van der Waals surface area contributed by atoms with Crippen molar-refractivity contribution in [1.82, 2.24) is 0 Å². The number of esters is 1. The van der Waals surface area contributed by atoms with E-state index >= 15 is 0 Å². The number of carbonyl (C=O) groups is 1. The molecule has 0 radical (unpaired) electrons. The fourth-order valence-corrected chi connectivity index (χ4v) is 10.8. The molecule has 2 aromatic rings. The minimum atomic E-state index is -0.0705. The zero-order valence-electron chi connectivity index (χ0n) is 29.4. The summed E-state index contributed by atoms with van der Waals surface area (Å²) in [7, 11) is 0. The van der Waals surface area contributed by atoms with E-state index in [1.54, 1.807) is 5.57 Å². The van der Waals surface area contributed by atoms with E-state index in [0.29, 0.717) is 24.9 Å². The Hall–Kier alpha value is -2.55. The highest BCUT2D eigenvalue weighted by molar-refractivity contribution is 5.69. The minimum absolute atomic E-state index is 0.0335. The molecule has 6 rings (SSSR count). The van der Waals surface area contributed by atoms with Crippen molar-refractivity contribution >= 4 is 5.97 Å². The quantitative estimate of drug-likeness (QED) is 0.134. The maximum absolute atomic E-state index is 12.8. The first-order valence-corrected chi connectivity index (χ1v) is 18.8. The number of ether oxygens (including phenoxy) is 2. The SMILES string of the molecule is CC(C)CCC[C@@H](C)[C@H]1CC[C@H]2[C@@H]3CC=C4C[C@@H](OC(=O)CCCOc5ccc(-c6ccccc6)cc5)CC[C@]4(C)[C@H]3CC[C@]12C. The van der Waals surface area contributed by atoms with Gasteiger partial charge in [0.05, 0.1) is 6.61 Å². The standard InChI is InChI=1S/C43H60O3/c1-30(2)11-9-12-31(3)38-22-23-39-37-21-18-34-29-36(24-26-42(34,4)40(37)25-27-43(38,39)5)46-41(44)15-10-28-45-35-19-16-33(17-20-35)32-13-7-6-8-14-32/h6-8,13-14,16-20,30-31,36-40H,9-12,15,21-29H2,1-5H3/t31-,36+,37+,38-,39+,40+,42+,43-/m1/s1. The monoisotopic (exact) mass is 624 g/mol. The Labute approximate surface area is 279 Å². The van der Waals surface area contributed by atoms with Crippen LogP contribution in [0.2, 0.25) is 0 Å². The Morgan fingerprint density at radius 2 is 1.61 bits per heavy atom. The van der Waals surface area contributed by atoms with Gasteiger partial charge in [-0.2, -0.15) is 0 Å². The molecular weight excluding hydrogens is 564 g/mol. The zero-order chi connectivity index (χ0) is 32.3. The summed E-state index contributed by atoms with van der Waals surface area (Å²) in [4.78, 5) is 12.8. The molecule has 0 saturated heterocycles. The molecule has 3 heteroatoms. The number of hydrogen-bond acceptors (Lipinski definition) is 3. The molecular formula is C43H60O3.